The van der Waals surface area contributed by atoms with Gasteiger partial charge >= 0.3 is 6.03 Å². The SMILES string of the molecule is COC1(C)CC(N(C)C(=O)N[C@@H]2CC[C@H](C#N)C2)C1(C)C. The first kappa shape index (κ1) is 16.1. The number of amides is 2. The number of carbonyl (C=O) groups excluding carboxylic acids is 1. The molecule has 0 saturated heterocycles. The van der Waals surface area contributed by atoms with Crippen LogP contribution in [0.4, 0.5) is 4.79 Å². The van der Waals surface area contributed by atoms with Crippen LogP contribution in [0.15, 0.2) is 0 Å². The van der Waals surface area contributed by atoms with Gasteiger partial charge in [-0.3, -0.25) is 0 Å². The molecule has 0 bridgehead atoms. The van der Waals surface area contributed by atoms with Crippen LogP contribution in [0.3, 0.4) is 0 Å². The van der Waals surface area contributed by atoms with E-state index in [1.54, 1.807) is 12.0 Å². The lowest BCUT2D eigenvalue weighted by molar-refractivity contribution is -0.198. The summed E-state index contributed by atoms with van der Waals surface area (Å²) in [5, 5.41) is 12.0. The fourth-order valence-corrected chi connectivity index (χ4v) is 3.72. The molecule has 0 aromatic rings. The summed E-state index contributed by atoms with van der Waals surface area (Å²) in [4.78, 5) is 14.2. The first-order valence-electron chi connectivity index (χ1n) is 7.73. The molecule has 2 saturated carbocycles. The number of urea groups is 1. The standard InChI is InChI=1S/C16H27N3O2/c1-15(2)13(9-16(15,3)21-5)19(4)14(20)18-12-7-6-11(8-12)10-17/h11-13H,6-9H2,1-5H3,(H,18,20)/t11-,12+,13?,16?/m0/s1. The largest absolute Gasteiger partial charge is 0.378 e. The van der Waals surface area contributed by atoms with Crippen LogP contribution >= 0.6 is 0 Å². The molecule has 118 valence electrons. The maximum Gasteiger partial charge on any atom is 0.317 e. The smallest absolute Gasteiger partial charge is 0.317 e. The van der Waals surface area contributed by atoms with Gasteiger partial charge in [0, 0.05) is 37.6 Å². The molecule has 0 radical (unpaired) electrons. The summed E-state index contributed by atoms with van der Waals surface area (Å²) >= 11 is 0. The number of rotatable bonds is 3. The number of nitriles is 1. The van der Waals surface area contributed by atoms with Gasteiger partial charge in [0.2, 0.25) is 0 Å². The third-order valence-electron chi connectivity index (χ3n) is 5.96. The number of nitrogens with zero attached hydrogens (tertiary/aromatic N) is 2. The van der Waals surface area contributed by atoms with Crippen LogP contribution < -0.4 is 5.32 Å². The Morgan fingerprint density at radius 3 is 2.52 bits per heavy atom. The Morgan fingerprint density at radius 2 is 2.05 bits per heavy atom. The second-order valence-corrected chi connectivity index (χ2v) is 7.27. The maximum atomic E-state index is 12.4. The molecule has 0 heterocycles. The van der Waals surface area contributed by atoms with Gasteiger partial charge in [0.1, 0.15) is 0 Å². The van der Waals surface area contributed by atoms with Gasteiger partial charge in [0.25, 0.3) is 0 Å². The van der Waals surface area contributed by atoms with E-state index in [0.717, 1.165) is 25.7 Å². The Bertz CT molecular complexity index is 457. The number of methoxy groups -OCH3 is 1. The Balaban J connectivity index is 1.91. The third-order valence-corrected chi connectivity index (χ3v) is 5.96. The first-order chi connectivity index (χ1) is 9.75. The Morgan fingerprint density at radius 1 is 1.38 bits per heavy atom. The molecule has 1 N–H and O–H groups in total. The van der Waals surface area contributed by atoms with E-state index in [4.69, 9.17) is 10.00 Å². The number of carbonyl (C=O) groups is 1. The second kappa shape index (κ2) is 5.49. The molecule has 0 aliphatic heterocycles. The highest BCUT2D eigenvalue weighted by molar-refractivity contribution is 5.75. The zero-order valence-corrected chi connectivity index (χ0v) is 13.8. The summed E-state index contributed by atoms with van der Waals surface area (Å²) in [6, 6.07) is 2.58. The Labute approximate surface area is 127 Å². The lowest BCUT2D eigenvalue weighted by Crippen LogP contribution is -2.69. The van der Waals surface area contributed by atoms with Crippen molar-refractivity contribution in [1.29, 1.82) is 5.26 Å². The molecule has 5 heteroatoms. The normalized spacial score (nSPS) is 37.4. The van der Waals surface area contributed by atoms with Crippen molar-refractivity contribution < 1.29 is 9.53 Å². The quantitative estimate of drug-likeness (QED) is 0.869. The van der Waals surface area contributed by atoms with Crippen molar-refractivity contribution in [3.05, 3.63) is 0 Å². The molecule has 0 spiro atoms. The van der Waals surface area contributed by atoms with Crippen molar-refractivity contribution in [2.45, 2.75) is 64.1 Å². The van der Waals surface area contributed by atoms with Gasteiger partial charge in [0.15, 0.2) is 0 Å². The third kappa shape index (κ3) is 2.62. The summed E-state index contributed by atoms with van der Waals surface area (Å²) < 4.78 is 5.62. The average Bonchev–Trinajstić information content (AvgIpc) is 2.91. The number of ether oxygens (including phenoxy) is 1. The van der Waals surface area contributed by atoms with E-state index < -0.39 is 0 Å². The van der Waals surface area contributed by atoms with Crippen LogP contribution in [-0.2, 0) is 4.74 Å². The lowest BCUT2D eigenvalue weighted by Gasteiger charge is -2.61. The van der Waals surface area contributed by atoms with Gasteiger partial charge < -0.3 is 15.0 Å². The highest BCUT2D eigenvalue weighted by Crippen LogP contribution is 2.53. The van der Waals surface area contributed by atoms with Gasteiger partial charge in [-0.2, -0.15) is 5.26 Å². The number of hydrogen-bond donors (Lipinski definition) is 1. The second-order valence-electron chi connectivity index (χ2n) is 7.27. The summed E-state index contributed by atoms with van der Waals surface area (Å²) in [7, 11) is 3.59. The molecule has 0 aromatic carbocycles. The summed E-state index contributed by atoms with van der Waals surface area (Å²) in [6.07, 6.45) is 3.43. The van der Waals surface area contributed by atoms with Crippen molar-refractivity contribution in [3.63, 3.8) is 0 Å². The summed E-state index contributed by atoms with van der Waals surface area (Å²) in [5.41, 5.74) is -0.246. The predicted molar refractivity (Wildman–Crippen MR) is 80.6 cm³/mol. The average molecular weight is 293 g/mol. The van der Waals surface area contributed by atoms with E-state index in [-0.39, 0.29) is 35.0 Å². The van der Waals surface area contributed by atoms with E-state index in [0.29, 0.717) is 0 Å². The van der Waals surface area contributed by atoms with E-state index in [2.05, 4.69) is 32.2 Å². The number of nitrogens with one attached hydrogen (secondary N) is 1. The van der Waals surface area contributed by atoms with E-state index in [9.17, 15) is 4.79 Å². The Hall–Kier alpha value is -1.28. The molecule has 2 fully saturated rings. The molecule has 21 heavy (non-hydrogen) atoms. The minimum absolute atomic E-state index is 0.0326. The van der Waals surface area contributed by atoms with Crippen molar-refractivity contribution in [1.82, 2.24) is 10.2 Å². The van der Waals surface area contributed by atoms with Crippen LogP contribution in [0.1, 0.15) is 46.5 Å². The minimum Gasteiger partial charge on any atom is -0.378 e. The van der Waals surface area contributed by atoms with Gasteiger partial charge in [-0.25, -0.2) is 4.79 Å². The van der Waals surface area contributed by atoms with Crippen molar-refractivity contribution in [2.24, 2.45) is 11.3 Å². The van der Waals surface area contributed by atoms with Crippen LogP contribution in [0.2, 0.25) is 0 Å². The van der Waals surface area contributed by atoms with Gasteiger partial charge in [0.05, 0.1) is 11.7 Å². The van der Waals surface area contributed by atoms with Crippen molar-refractivity contribution >= 4 is 6.03 Å². The molecule has 5 nitrogen and oxygen atoms in total. The molecule has 2 rings (SSSR count). The van der Waals surface area contributed by atoms with Crippen LogP contribution in [0.25, 0.3) is 0 Å². The van der Waals surface area contributed by atoms with E-state index >= 15 is 0 Å². The first-order valence-corrected chi connectivity index (χ1v) is 7.73. The van der Waals surface area contributed by atoms with Crippen LogP contribution in [0.5, 0.6) is 0 Å². The fourth-order valence-electron chi connectivity index (χ4n) is 3.72. The molecule has 2 unspecified atom stereocenters. The molecule has 2 amide bonds. The molecule has 2 aliphatic carbocycles. The number of hydrogen-bond acceptors (Lipinski definition) is 3. The molecule has 2 aliphatic rings. The molecule has 0 aromatic heterocycles. The van der Waals surface area contributed by atoms with Crippen molar-refractivity contribution in [2.75, 3.05) is 14.2 Å². The zero-order chi connectivity index (χ0) is 15.8. The van der Waals surface area contributed by atoms with Gasteiger partial charge in [-0.05, 0) is 32.6 Å². The van der Waals surface area contributed by atoms with E-state index in [1.807, 2.05) is 7.05 Å². The van der Waals surface area contributed by atoms with Crippen molar-refractivity contribution in [3.8, 4) is 6.07 Å². The van der Waals surface area contributed by atoms with Crippen LogP contribution in [-0.4, -0.2) is 42.8 Å². The Kier molecular flexibility index (Phi) is 4.21. The van der Waals surface area contributed by atoms with E-state index in [1.165, 1.54) is 0 Å². The topological polar surface area (TPSA) is 65.4 Å². The lowest BCUT2D eigenvalue weighted by atomic mass is 9.55. The molecular weight excluding hydrogens is 266 g/mol. The zero-order valence-electron chi connectivity index (χ0n) is 13.8. The molecular formula is C16H27N3O2. The minimum atomic E-state index is -0.175. The van der Waals surface area contributed by atoms with Crippen LogP contribution in [0, 0.1) is 22.7 Å². The maximum absolute atomic E-state index is 12.4. The monoisotopic (exact) mass is 293 g/mol. The summed E-state index contributed by atoms with van der Waals surface area (Å²) in [6.45, 7) is 6.40. The van der Waals surface area contributed by atoms with Gasteiger partial charge in [-0.15, -0.1) is 0 Å². The highest BCUT2D eigenvalue weighted by Gasteiger charge is 2.59. The summed E-state index contributed by atoms with van der Waals surface area (Å²) in [5.74, 6) is 0.0949. The highest BCUT2D eigenvalue weighted by atomic mass is 16.5. The predicted octanol–water partition coefficient (Wildman–Crippen LogP) is 2.52. The fraction of sp³-hybridized carbons (Fsp3) is 0.875. The van der Waals surface area contributed by atoms with Gasteiger partial charge in [-0.1, -0.05) is 13.8 Å². The molecule has 4 atom stereocenters.